The second kappa shape index (κ2) is 13.6. The number of anilines is 1. The molecule has 0 spiro atoms. The predicted octanol–water partition coefficient (Wildman–Crippen LogP) is 3.76. The Morgan fingerprint density at radius 3 is 2.24 bits per heavy atom. The number of Topliss-reactive ketones (excluding diaryl/α,β-unsaturated/α-hetero) is 1. The highest BCUT2D eigenvalue weighted by molar-refractivity contribution is 6.08. The topological polar surface area (TPSA) is 155 Å². The van der Waals surface area contributed by atoms with E-state index in [1.54, 1.807) is 39.8 Å². The number of hydrogen-bond acceptors (Lipinski definition) is 9. The number of ketones is 1. The number of carbonyl (C=O) groups is 5. The lowest BCUT2D eigenvalue weighted by Crippen LogP contribution is -2.32. The van der Waals surface area contributed by atoms with Gasteiger partial charge in [-0.1, -0.05) is 20.8 Å². The zero-order valence-electron chi connectivity index (χ0n) is 26.4. The molecule has 3 rings (SSSR count). The Kier molecular flexibility index (Phi) is 10.5. The van der Waals surface area contributed by atoms with Crippen molar-refractivity contribution in [3.63, 3.8) is 0 Å². The molecule has 0 unspecified atom stereocenters. The van der Waals surface area contributed by atoms with Crippen molar-refractivity contribution in [3.05, 3.63) is 52.1 Å². The van der Waals surface area contributed by atoms with Gasteiger partial charge in [-0.25, -0.2) is 9.59 Å². The Balaban J connectivity index is 1.98. The van der Waals surface area contributed by atoms with Gasteiger partial charge < -0.3 is 29.3 Å². The number of alkyl halides is 3. The average molecular weight is 649 g/mol. The van der Waals surface area contributed by atoms with E-state index in [4.69, 9.17) is 14.9 Å². The molecule has 0 aliphatic carbocycles. The van der Waals surface area contributed by atoms with Crippen LogP contribution in [0.15, 0.2) is 24.3 Å². The maximum Gasteiger partial charge on any atom is 0.491 e. The van der Waals surface area contributed by atoms with Crippen LogP contribution in [-0.4, -0.2) is 80.3 Å². The fourth-order valence-corrected chi connectivity index (χ4v) is 4.64. The van der Waals surface area contributed by atoms with Gasteiger partial charge in [-0.3, -0.25) is 19.8 Å². The van der Waals surface area contributed by atoms with Gasteiger partial charge in [0, 0.05) is 44.3 Å². The summed E-state index contributed by atoms with van der Waals surface area (Å²) in [6, 6.07) is 6.03. The van der Waals surface area contributed by atoms with Crippen LogP contribution in [0.2, 0.25) is 0 Å². The third-order valence-corrected chi connectivity index (χ3v) is 7.05. The highest BCUT2D eigenvalue weighted by atomic mass is 19.4. The quantitative estimate of drug-likeness (QED) is 0.223. The van der Waals surface area contributed by atoms with Crippen molar-refractivity contribution in [1.82, 2.24) is 10.2 Å². The van der Waals surface area contributed by atoms with Crippen LogP contribution in [0.3, 0.4) is 0 Å². The van der Waals surface area contributed by atoms with Crippen LogP contribution in [0.1, 0.15) is 72.0 Å². The Labute approximate surface area is 263 Å². The molecular weight excluding hydrogens is 613 g/mol. The number of nitrogens with zero attached hydrogens (tertiary/aromatic N) is 2. The Morgan fingerprint density at radius 1 is 1.04 bits per heavy atom. The minimum absolute atomic E-state index is 0.0144. The number of benzene rings is 2. The van der Waals surface area contributed by atoms with E-state index >= 15 is 0 Å². The SMILES string of the molecule is CCOc1cc2c(cc1C(=O)NC)C(=N)N(CC(=O)c1cc(N(C)C(C)=O)c(OCC(=O)OC(=O)C(F)(F)F)c(C(C)(C)C)c1)C2. The zero-order chi connectivity index (χ0) is 34.7. The molecule has 0 saturated heterocycles. The van der Waals surface area contributed by atoms with Crippen molar-refractivity contribution in [2.24, 2.45) is 0 Å². The molecular formula is C31H35F3N4O8. The molecule has 1 aliphatic rings. The Morgan fingerprint density at radius 2 is 1.70 bits per heavy atom. The van der Waals surface area contributed by atoms with Crippen LogP contribution in [0.25, 0.3) is 0 Å². The number of carbonyl (C=O) groups excluding carboxylic acids is 5. The third-order valence-electron chi connectivity index (χ3n) is 7.05. The molecule has 46 heavy (non-hydrogen) atoms. The molecule has 248 valence electrons. The van der Waals surface area contributed by atoms with Gasteiger partial charge in [0.25, 0.3) is 5.91 Å². The van der Waals surface area contributed by atoms with Crippen molar-refractivity contribution in [1.29, 1.82) is 5.41 Å². The van der Waals surface area contributed by atoms with Gasteiger partial charge in [0.15, 0.2) is 12.4 Å². The molecule has 0 aromatic heterocycles. The van der Waals surface area contributed by atoms with Crippen LogP contribution in [0, 0.1) is 5.41 Å². The minimum Gasteiger partial charge on any atom is -0.493 e. The van der Waals surface area contributed by atoms with E-state index in [-0.39, 0.29) is 41.5 Å². The fraction of sp³-hybridized carbons (Fsp3) is 0.419. The molecule has 1 heterocycles. The van der Waals surface area contributed by atoms with Crippen molar-refractivity contribution in [2.75, 3.05) is 38.8 Å². The highest BCUT2D eigenvalue weighted by Gasteiger charge is 2.42. The molecule has 0 radical (unpaired) electrons. The summed E-state index contributed by atoms with van der Waals surface area (Å²) < 4.78 is 52.6. The maximum absolute atomic E-state index is 13.7. The first-order valence-corrected chi connectivity index (χ1v) is 14.1. The largest absolute Gasteiger partial charge is 0.493 e. The number of esters is 2. The molecule has 1 aliphatic heterocycles. The molecule has 0 atom stereocenters. The number of rotatable bonds is 10. The summed E-state index contributed by atoms with van der Waals surface area (Å²) in [7, 11) is 2.85. The van der Waals surface area contributed by atoms with E-state index in [0.717, 1.165) is 4.90 Å². The second-order valence-corrected chi connectivity index (χ2v) is 11.4. The van der Waals surface area contributed by atoms with Gasteiger partial charge >= 0.3 is 18.1 Å². The molecule has 2 amide bonds. The van der Waals surface area contributed by atoms with Crippen molar-refractivity contribution < 1.29 is 51.4 Å². The summed E-state index contributed by atoms with van der Waals surface area (Å²) in [5.41, 5.74) is 1.09. The van der Waals surface area contributed by atoms with Gasteiger partial charge in [0.05, 0.1) is 24.4 Å². The molecule has 0 saturated carbocycles. The lowest BCUT2D eigenvalue weighted by atomic mass is 9.84. The normalized spacial score (nSPS) is 12.7. The number of amidine groups is 1. The number of hydrogen-bond donors (Lipinski definition) is 2. The fourth-order valence-electron chi connectivity index (χ4n) is 4.64. The first kappa shape index (κ1) is 35.5. The predicted molar refractivity (Wildman–Crippen MR) is 159 cm³/mol. The molecule has 12 nitrogen and oxygen atoms in total. The molecule has 0 fully saturated rings. The van der Waals surface area contributed by atoms with Gasteiger partial charge in [-0.15, -0.1) is 0 Å². The van der Waals surface area contributed by atoms with Crippen LogP contribution in [-0.2, 0) is 31.1 Å². The van der Waals surface area contributed by atoms with E-state index < -0.39 is 47.7 Å². The summed E-state index contributed by atoms with van der Waals surface area (Å²) in [6.45, 7) is 7.39. The molecule has 2 aromatic rings. The standard InChI is InChI=1S/C31H35F3N4O8/c1-8-44-24-11-18-13-38(27(35)19(18)12-20(24)28(42)36-6)14-23(40)17-9-21(30(3,4)5)26(22(10-17)37(7)16(2)39)45-15-25(41)46-29(43)31(32,33)34/h9-12,35H,8,13-15H2,1-7H3,(H,36,42). The Bertz CT molecular complexity index is 1600. The third kappa shape index (κ3) is 7.82. The lowest BCUT2D eigenvalue weighted by molar-refractivity contribution is -0.202. The molecule has 15 heteroatoms. The number of fused-ring (bicyclic) bond motifs is 1. The second-order valence-electron chi connectivity index (χ2n) is 11.4. The van der Waals surface area contributed by atoms with Crippen molar-refractivity contribution >= 4 is 41.1 Å². The lowest BCUT2D eigenvalue weighted by Gasteiger charge is -2.28. The van der Waals surface area contributed by atoms with Crippen LogP contribution >= 0.6 is 0 Å². The van der Waals surface area contributed by atoms with E-state index in [9.17, 15) is 37.1 Å². The van der Waals surface area contributed by atoms with E-state index in [2.05, 4.69) is 10.1 Å². The molecule has 2 aromatic carbocycles. The number of nitrogens with one attached hydrogen (secondary N) is 2. The number of ether oxygens (including phenoxy) is 3. The number of amides is 2. The van der Waals surface area contributed by atoms with E-state index in [0.29, 0.717) is 29.0 Å². The first-order chi connectivity index (χ1) is 21.3. The van der Waals surface area contributed by atoms with Crippen LogP contribution < -0.4 is 19.7 Å². The smallest absolute Gasteiger partial charge is 0.491 e. The first-order valence-electron chi connectivity index (χ1n) is 14.1. The maximum atomic E-state index is 13.7. The van der Waals surface area contributed by atoms with Gasteiger partial charge in [0.2, 0.25) is 5.91 Å². The minimum atomic E-state index is -5.39. The summed E-state index contributed by atoms with van der Waals surface area (Å²) in [4.78, 5) is 64.3. The van der Waals surface area contributed by atoms with Gasteiger partial charge in [-0.05, 0) is 42.2 Å². The van der Waals surface area contributed by atoms with E-state index in [1.807, 2.05) is 0 Å². The summed E-state index contributed by atoms with van der Waals surface area (Å²) in [6.07, 6.45) is -5.39. The highest BCUT2D eigenvalue weighted by Crippen LogP contribution is 2.41. The summed E-state index contributed by atoms with van der Waals surface area (Å²) >= 11 is 0. The van der Waals surface area contributed by atoms with E-state index in [1.165, 1.54) is 38.1 Å². The zero-order valence-corrected chi connectivity index (χ0v) is 26.4. The Hall–Kier alpha value is -4.95. The number of halogens is 3. The average Bonchev–Trinajstić information content (AvgIpc) is 3.26. The van der Waals surface area contributed by atoms with Crippen LogP contribution in [0.5, 0.6) is 11.5 Å². The van der Waals surface area contributed by atoms with Crippen molar-refractivity contribution in [3.8, 4) is 11.5 Å². The van der Waals surface area contributed by atoms with Gasteiger partial charge in [0.1, 0.15) is 17.3 Å². The molecule has 2 N–H and O–H groups in total. The van der Waals surface area contributed by atoms with Gasteiger partial charge in [-0.2, -0.15) is 13.2 Å². The summed E-state index contributed by atoms with van der Waals surface area (Å²) in [5, 5.41) is 11.3. The van der Waals surface area contributed by atoms with Crippen LogP contribution in [0.4, 0.5) is 18.9 Å². The molecule has 0 bridgehead atoms. The summed E-state index contributed by atoms with van der Waals surface area (Å²) in [5.74, 6) is -5.36. The van der Waals surface area contributed by atoms with Crippen molar-refractivity contribution in [2.45, 2.75) is 52.8 Å². The monoisotopic (exact) mass is 648 g/mol.